The molecule has 2 rings (SSSR count). The first-order valence-electron chi connectivity index (χ1n) is 6.62. The summed E-state index contributed by atoms with van der Waals surface area (Å²) in [4.78, 5) is 11.9. The number of ether oxygens (including phenoxy) is 3. The smallest absolute Gasteiger partial charge is 0.377 e. The third kappa shape index (κ3) is 2.97. The molecule has 0 aliphatic carbocycles. The van der Waals surface area contributed by atoms with Gasteiger partial charge in [-0.15, -0.1) is 0 Å². The number of carbonyl (C=O) groups is 1. The Morgan fingerprint density at radius 2 is 1.90 bits per heavy atom. The van der Waals surface area contributed by atoms with Crippen molar-refractivity contribution in [3.63, 3.8) is 0 Å². The first-order chi connectivity index (χ1) is 9.96. The first-order valence-corrected chi connectivity index (χ1v) is 7.38. The Balaban J connectivity index is 2.52. The van der Waals surface area contributed by atoms with Gasteiger partial charge in [0.1, 0.15) is 0 Å². The van der Waals surface area contributed by atoms with Gasteiger partial charge in [0.05, 0.1) is 12.1 Å². The molecule has 1 aliphatic heterocycles. The van der Waals surface area contributed by atoms with E-state index in [4.69, 9.17) is 37.4 Å². The maximum Gasteiger partial charge on any atom is 0.377 e. The van der Waals surface area contributed by atoms with Gasteiger partial charge in [0.15, 0.2) is 5.76 Å². The zero-order valence-corrected chi connectivity index (χ0v) is 13.5. The van der Waals surface area contributed by atoms with Gasteiger partial charge in [0.25, 0.3) is 11.5 Å². The molecule has 0 radical (unpaired) electrons. The Morgan fingerprint density at radius 3 is 2.43 bits per heavy atom. The van der Waals surface area contributed by atoms with Crippen molar-refractivity contribution in [2.24, 2.45) is 0 Å². The monoisotopic (exact) mass is 330 g/mol. The van der Waals surface area contributed by atoms with Crippen LogP contribution >= 0.6 is 23.2 Å². The summed E-state index contributed by atoms with van der Waals surface area (Å²) in [5.74, 6) is -1.15. The molecule has 1 aromatic carbocycles. The Bertz CT molecular complexity index is 591. The number of benzene rings is 1. The molecule has 1 aromatic rings. The SMILES string of the molecule is CCC1(CC)OC(C(=O)OC)=C(c2ccc(Cl)cc2Cl)O1. The van der Waals surface area contributed by atoms with Crippen molar-refractivity contribution in [1.29, 1.82) is 0 Å². The molecule has 1 aliphatic rings. The van der Waals surface area contributed by atoms with E-state index in [0.717, 1.165) is 0 Å². The van der Waals surface area contributed by atoms with Crippen molar-refractivity contribution < 1.29 is 19.0 Å². The molecule has 0 fully saturated rings. The number of methoxy groups -OCH3 is 1. The summed E-state index contributed by atoms with van der Waals surface area (Å²) in [7, 11) is 1.29. The topological polar surface area (TPSA) is 44.8 Å². The second-order valence-electron chi connectivity index (χ2n) is 4.60. The molecule has 4 nitrogen and oxygen atoms in total. The maximum absolute atomic E-state index is 11.9. The lowest BCUT2D eigenvalue weighted by Crippen LogP contribution is -2.29. The van der Waals surface area contributed by atoms with Crippen LogP contribution in [0.2, 0.25) is 10.0 Å². The lowest BCUT2D eigenvalue weighted by molar-refractivity contribution is -0.163. The molecule has 0 N–H and O–H groups in total. The van der Waals surface area contributed by atoms with Crippen molar-refractivity contribution in [1.82, 2.24) is 0 Å². The van der Waals surface area contributed by atoms with Crippen LogP contribution in [-0.2, 0) is 19.0 Å². The van der Waals surface area contributed by atoms with Crippen LogP contribution in [0.1, 0.15) is 32.3 Å². The van der Waals surface area contributed by atoms with E-state index in [-0.39, 0.29) is 11.5 Å². The predicted octanol–water partition coefficient (Wildman–Crippen LogP) is 4.40. The van der Waals surface area contributed by atoms with Gasteiger partial charge < -0.3 is 14.2 Å². The summed E-state index contributed by atoms with van der Waals surface area (Å²) in [6.07, 6.45) is 1.16. The largest absolute Gasteiger partial charge is 0.463 e. The van der Waals surface area contributed by atoms with Gasteiger partial charge in [-0.2, -0.15) is 0 Å². The van der Waals surface area contributed by atoms with Crippen LogP contribution < -0.4 is 0 Å². The quantitative estimate of drug-likeness (QED) is 0.767. The predicted molar refractivity (Wildman–Crippen MR) is 80.9 cm³/mol. The van der Waals surface area contributed by atoms with Gasteiger partial charge in [0, 0.05) is 23.4 Å². The lowest BCUT2D eigenvalue weighted by Gasteiger charge is -2.26. The highest BCUT2D eigenvalue weighted by Gasteiger charge is 2.44. The molecular weight excluding hydrogens is 315 g/mol. The van der Waals surface area contributed by atoms with E-state index in [1.165, 1.54) is 7.11 Å². The summed E-state index contributed by atoms with van der Waals surface area (Å²) in [5, 5.41) is 0.880. The van der Waals surface area contributed by atoms with Crippen LogP contribution in [0.4, 0.5) is 0 Å². The fourth-order valence-electron chi connectivity index (χ4n) is 2.10. The molecule has 1 heterocycles. The number of halogens is 2. The molecular formula is C15H16Cl2O4. The molecule has 0 unspecified atom stereocenters. The molecule has 0 saturated heterocycles. The van der Waals surface area contributed by atoms with Crippen LogP contribution in [0.15, 0.2) is 24.0 Å². The van der Waals surface area contributed by atoms with E-state index >= 15 is 0 Å². The highest BCUT2D eigenvalue weighted by Crippen LogP contribution is 2.43. The Labute approximate surface area is 133 Å². The molecule has 0 amide bonds. The van der Waals surface area contributed by atoms with E-state index in [2.05, 4.69) is 0 Å². The average molecular weight is 331 g/mol. The van der Waals surface area contributed by atoms with Gasteiger partial charge in [0.2, 0.25) is 0 Å². The molecule has 0 saturated carbocycles. The van der Waals surface area contributed by atoms with E-state index in [1.807, 2.05) is 13.8 Å². The molecule has 21 heavy (non-hydrogen) atoms. The fraction of sp³-hybridized carbons (Fsp3) is 0.400. The number of hydrogen-bond acceptors (Lipinski definition) is 4. The molecule has 0 atom stereocenters. The van der Waals surface area contributed by atoms with Gasteiger partial charge in [-0.1, -0.05) is 37.0 Å². The van der Waals surface area contributed by atoms with Gasteiger partial charge in [-0.25, -0.2) is 4.79 Å². The number of carbonyl (C=O) groups excluding carboxylic acids is 1. The van der Waals surface area contributed by atoms with Gasteiger partial charge in [-0.3, -0.25) is 0 Å². The van der Waals surface area contributed by atoms with E-state index < -0.39 is 11.8 Å². The summed E-state index contributed by atoms with van der Waals surface area (Å²) in [6, 6.07) is 4.95. The first kappa shape index (κ1) is 16.0. The van der Waals surface area contributed by atoms with Crippen molar-refractivity contribution in [3.05, 3.63) is 39.6 Å². The number of esters is 1. The minimum Gasteiger partial charge on any atom is -0.463 e. The van der Waals surface area contributed by atoms with Crippen LogP contribution in [0.3, 0.4) is 0 Å². The second-order valence-corrected chi connectivity index (χ2v) is 5.44. The van der Waals surface area contributed by atoms with Gasteiger partial charge in [-0.05, 0) is 18.2 Å². The zero-order valence-electron chi connectivity index (χ0n) is 12.0. The molecule has 0 bridgehead atoms. The second kappa shape index (κ2) is 6.16. The van der Waals surface area contributed by atoms with Crippen molar-refractivity contribution >= 4 is 34.9 Å². The summed E-state index contributed by atoms with van der Waals surface area (Å²) in [6.45, 7) is 3.84. The number of hydrogen-bond donors (Lipinski definition) is 0. The van der Waals surface area contributed by atoms with Crippen molar-refractivity contribution in [2.45, 2.75) is 32.5 Å². The van der Waals surface area contributed by atoms with Crippen LogP contribution in [0, 0.1) is 0 Å². The van der Waals surface area contributed by atoms with Crippen molar-refractivity contribution in [3.8, 4) is 0 Å². The molecule has 0 aromatic heterocycles. The summed E-state index contributed by atoms with van der Waals surface area (Å²) < 4.78 is 16.4. The third-order valence-corrected chi connectivity index (χ3v) is 3.95. The Kier molecular flexibility index (Phi) is 4.69. The molecule has 6 heteroatoms. The van der Waals surface area contributed by atoms with E-state index in [9.17, 15) is 4.79 Å². The lowest BCUT2D eigenvalue weighted by atomic mass is 10.1. The zero-order chi connectivity index (χ0) is 15.6. The van der Waals surface area contributed by atoms with Crippen LogP contribution in [0.5, 0.6) is 0 Å². The fourth-order valence-corrected chi connectivity index (χ4v) is 2.60. The Hall–Kier alpha value is -1.39. The highest BCUT2D eigenvalue weighted by molar-refractivity contribution is 6.35. The van der Waals surface area contributed by atoms with Crippen LogP contribution in [0.25, 0.3) is 5.76 Å². The third-order valence-electron chi connectivity index (χ3n) is 3.41. The summed E-state index contributed by atoms with van der Waals surface area (Å²) >= 11 is 12.1. The minimum atomic E-state index is -0.873. The van der Waals surface area contributed by atoms with E-state index in [1.54, 1.807) is 18.2 Å². The van der Waals surface area contributed by atoms with E-state index in [0.29, 0.717) is 28.5 Å². The standard InChI is InChI=1S/C15H16Cl2O4/c1-4-15(5-2)20-12(13(21-15)14(18)19-3)10-7-6-9(16)8-11(10)17/h6-8H,4-5H2,1-3H3. The number of rotatable bonds is 4. The minimum absolute atomic E-state index is 0.0328. The normalized spacial score (nSPS) is 16.4. The molecule has 114 valence electrons. The maximum atomic E-state index is 11.9. The summed E-state index contributed by atoms with van der Waals surface area (Å²) in [5.41, 5.74) is 0.547. The highest BCUT2D eigenvalue weighted by atomic mass is 35.5. The van der Waals surface area contributed by atoms with Crippen molar-refractivity contribution in [2.75, 3.05) is 7.11 Å². The van der Waals surface area contributed by atoms with Crippen LogP contribution in [-0.4, -0.2) is 18.9 Å². The molecule has 0 spiro atoms. The Morgan fingerprint density at radius 1 is 1.24 bits per heavy atom. The average Bonchev–Trinajstić information content (AvgIpc) is 2.87. The van der Waals surface area contributed by atoms with Gasteiger partial charge >= 0.3 is 5.97 Å².